The van der Waals surface area contributed by atoms with Gasteiger partial charge in [0.15, 0.2) is 0 Å². The molecule has 5 nitrogen and oxygen atoms in total. The van der Waals surface area contributed by atoms with E-state index in [1.165, 1.54) is 0 Å². The Morgan fingerprint density at radius 1 is 1.32 bits per heavy atom. The average molecular weight is 285 g/mol. The van der Waals surface area contributed by atoms with Gasteiger partial charge in [-0.1, -0.05) is 19.9 Å². The summed E-state index contributed by atoms with van der Waals surface area (Å²) in [6, 6.07) is 4.08. The molecule has 19 heavy (non-hydrogen) atoms. The van der Waals surface area contributed by atoms with Crippen molar-refractivity contribution >= 4 is 10.0 Å². The molecule has 2 N–H and O–H groups in total. The molecule has 0 unspecified atom stereocenters. The van der Waals surface area contributed by atoms with Gasteiger partial charge >= 0.3 is 0 Å². The maximum atomic E-state index is 11.0. The molecule has 0 bridgehead atoms. The fourth-order valence-corrected chi connectivity index (χ4v) is 2.41. The number of nitrogens with one attached hydrogen (secondary N) is 2. The highest BCUT2D eigenvalue weighted by atomic mass is 32.2. The normalized spacial score (nSPS) is 13.7. The van der Waals surface area contributed by atoms with Gasteiger partial charge in [-0.3, -0.25) is 4.98 Å². The number of aryl methyl sites for hydroxylation is 1. The smallest absolute Gasteiger partial charge is 0.208 e. The zero-order valence-electron chi connectivity index (χ0n) is 12.0. The maximum absolute atomic E-state index is 11.0. The van der Waals surface area contributed by atoms with Crippen LogP contribution < -0.4 is 10.0 Å². The zero-order chi connectivity index (χ0) is 14.5. The summed E-state index contributed by atoms with van der Waals surface area (Å²) in [5.41, 5.74) is 2.17. The molecule has 0 aliphatic heterocycles. The van der Waals surface area contributed by atoms with E-state index in [-0.39, 0.29) is 6.04 Å². The third-order valence-electron chi connectivity index (χ3n) is 2.86. The van der Waals surface area contributed by atoms with Crippen molar-refractivity contribution in [3.63, 3.8) is 0 Å². The number of sulfonamides is 1. The number of aromatic nitrogens is 1. The van der Waals surface area contributed by atoms with Crippen molar-refractivity contribution in [1.82, 2.24) is 15.0 Å². The highest BCUT2D eigenvalue weighted by Gasteiger charge is 2.18. The van der Waals surface area contributed by atoms with Gasteiger partial charge in [0.1, 0.15) is 0 Å². The topological polar surface area (TPSA) is 71.1 Å². The van der Waals surface area contributed by atoms with E-state index < -0.39 is 10.0 Å². The van der Waals surface area contributed by atoms with Gasteiger partial charge in [-0.05, 0) is 24.5 Å². The number of nitrogens with zero attached hydrogens (tertiary/aromatic N) is 1. The first kappa shape index (κ1) is 16.1. The van der Waals surface area contributed by atoms with Gasteiger partial charge in [-0.25, -0.2) is 13.1 Å². The van der Waals surface area contributed by atoms with Gasteiger partial charge in [0, 0.05) is 19.3 Å². The zero-order valence-corrected chi connectivity index (χ0v) is 12.8. The highest BCUT2D eigenvalue weighted by Crippen LogP contribution is 2.21. The minimum atomic E-state index is -3.12. The Bertz CT molecular complexity index is 500. The SMILES string of the molecule is Cc1cccnc1[C@H](NCCNS(C)(=O)=O)C(C)C. The molecule has 0 saturated heterocycles. The Morgan fingerprint density at radius 2 is 2.00 bits per heavy atom. The van der Waals surface area contributed by atoms with E-state index >= 15 is 0 Å². The predicted molar refractivity (Wildman–Crippen MR) is 77.4 cm³/mol. The summed E-state index contributed by atoms with van der Waals surface area (Å²) >= 11 is 0. The molecule has 0 amide bonds. The van der Waals surface area contributed by atoms with Gasteiger partial charge in [0.25, 0.3) is 0 Å². The van der Waals surface area contributed by atoms with Crippen molar-refractivity contribution in [2.24, 2.45) is 5.92 Å². The summed E-state index contributed by atoms with van der Waals surface area (Å²) in [5.74, 6) is 0.381. The van der Waals surface area contributed by atoms with Crippen LogP contribution in [-0.4, -0.2) is 32.7 Å². The van der Waals surface area contributed by atoms with Crippen LogP contribution in [0.1, 0.15) is 31.1 Å². The summed E-state index contributed by atoms with van der Waals surface area (Å²) in [6.07, 6.45) is 2.95. The molecule has 108 valence electrons. The minimum Gasteiger partial charge on any atom is -0.307 e. The van der Waals surface area contributed by atoms with Gasteiger partial charge in [0.2, 0.25) is 10.0 Å². The largest absolute Gasteiger partial charge is 0.307 e. The lowest BCUT2D eigenvalue weighted by atomic mass is 9.97. The molecule has 6 heteroatoms. The summed E-state index contributed by atoms with van der Waals surface area (Å²) in [7, 11) is -3.12. The van der Waals surface area contributed by atoms with E-state index in [0.29, 0.717) is 19.0 Å². The van der Waals surface area contributed by atoms with Crippen molar-refractivity contribution in [3.05, 3.63) is 29.6 Å². The van der Waals surface area contributed by atoms with Crippen LogP contribution in [0.4, 0.5) is 0 Å². The van der Waals surface area contributed by atoms with Gasteiger partial charge in [0.05, 0.1) is 18.0 Å². The van der Waals surface area contributed by atoms with E-state index in [1.54, 1.807) is 6.20 Å². The molecule has 1 atom stereocenters. The predicted octanol–water partition coefficient (Wildman–Crippen LogP) is 1.23. The maximum Gasteiger partial charge on any atom is 0.208 e. The molecule has 0 aliphatic rings. The summed E-state index contributed by atoms with van der Waals surface area (Å²) in [6.45, 7) is 7.24. The van der Waals surface area contributed by atoms with Crippen LogP contribution in [-0.2, 0) is 10.0 Å². The van der Waals surface area contributed by atoms with Gasteiger partial charge in [-0.2, -0.15) is 0 Å². The molecule has 0 fully saturated rings. The van der Waals surface area contributed by atoms with Crippen molar-refractivity contribution in [2.75, 3.05) is 19.3 Å². The molecular formula is C13H23N3O2S. The summed E-state index contributed by atoms with van der Waals surface area (Å²) in [5, 5.41) is 3.36. The standard InChI is InChI=1S/C13H23N3O2S/c1-10(2)12(13-11(3)6-5-7-14-13)15-8-9-16-19(4,17)18/h5-7,10,12,15-16H,8-9H2,1-4H3/t12-/m1/s1. The molecule has 1 rings (SSSR count). The van der Waals surface area contributed by atoms with E-state index in [0.717, 1.165) is 17.5 Å². The fraction of sp³-hybridized carbons (Fsp3) is 0.615. The van der Waals surface area contributed by atoms with E-state index in [2.05, 4.69) is 28.9 Å². The number of hydrogen-bond acceptors (Lipinski definition) is 4. The Balaban J connectivity index is 2.63. The van der Waals surface area contributed by atoms with E-state index in [4.69, 9.17) is 0 Å². The van der Waals surface area contributed by atoms with Crippen LogP contribution in [0, 0.1) is 12.8 Å². The van der Waals surface area contributed by atoms with Crippen LogP contribution in [0.25, 0.3) is 0 Å². The van der Waals surface area contributed by atoms with Crippen LogP contribution in [0.3, 0.4) is 0 Å². The van der Waals surface area contributed by atoms with Crippen molar-refractivity contribution in [2.45, 2.75) is 26.8 Å². The summed E-state index contributed by atoms with van der Waals surface area (Å²) < 4.78 is 24.4. The molecule has 1 heterocycles. The first-order chi connectivity index (χ1) is 8.81. The second-order valence-electron chi connectivity index (χ2n) is 5.05. The van der Waals surface area contributed by atoms with Crippen LogP contribution in [0.15, 0.2) is 18.3 Å². The molecule has 0 aromatic carbocycles. The summed E-state index contributed by atoms with van der Waals surface area (Å²) in [4.78, 5) is 4.43. The molecule has 1 aromatic rings. The molecular weight excluding hydrogens is 262 g/mol. The number of hydrogen-bond donors (Lipinski definition) is 2. The molecule has 0 aliphatic carbocycles. The van der Waals surface area contributed by atoms with Gasteiger partial charge in [-0.15, -0.1) is 0 Å². The Morgan fingerprint density at radius 3 is 2.53 bits per heavy atom. The first-order valence-corrected chi connectivity index (χ1v) is 8.30. The molecule has 1 aromatic heterocycles. The minimum absolute atomic E-state index is 0.127. The first-order valence-electron chi connectivity index (χ1n) is 6.41. The lowest BCUT2D eigenvalue weighted by molar-refractivity contribution is 0.404. The Labute approximate surface area is 115 Å². The molecule has 0 saturated carbocycles. The lowest BCUT2D eigenvalue weighted by Gasteiger charge is -2.23. The highest BCUT2D eigenvalue weighted by molar-refractivity contribution is 7.88. The number of pyridine rings is 1. The lowest BCUT2D eigenvalue weighted by Crippen LogP contribution is -2.35. The quantitative estimate of drug-likeness (QED) is 0.739. The third-order valence-corrected chi connectivity index (χ3v) is 3.59. The van der Waals surface area contributed by atoms with Crippen LogP contribution in [0.2, 0.25) is 0 Å². The fourth-order valence-electron chi connectivity index (χ4n) is 1.94. The number of rotatable bonds is 7. The van der Waals surface area contributed by atoms with Crippen molar-refractivity contribution < 1.29 is 8.42 Å². The second-order valence-corrected chi connectivity index (χ2v) is 6.88. The van der Waals surface area contributed by atoms with E-state index in [9.17, 15) is 8.42 Å². The average Bonchev–Trinajstić information content (AvgIpc) is 2.29. The monoisotopic (exact) mass is 285 g/mol. The second kappa shape index (κ2) is 6.98. The van der Waals surface area contributed by atoms with Crippen LogP contribution >= 0.6 is 0 Å². The Kier molecular flexibility index (Phi) is 5.90. The van der Waals surface area contributed by atoms with Gasteiger partial charge < -0.3 is 5.32 Å². The van der Waals surface area contributed by atoms with Crippen LogP contribution in [0.5, 0.6) is 0 Å². The van der Waals surface area contributed by atoms with Crippen molar-refractivity contribution in [3.8, 4) is 0 Å². The molecule has 0 radical (unpaired) electrons. The Hall–Kier alpha value is -0.980. The molecule has 0 spiro atoms. The van der Waals surface area contributed by atoms with E-state index in [1.807, 2.05) is 19.1 Å². The third kappa shape index (κ3) is 5.67. The van der Waals surface area contributed by atoms with Crippen molar-refractivity contribution in [1.29, 1.82) is 0 Å².